The summed E-state index contributed by atoms with van der Waals surface area (Å²) in [6.07, 6.45) is 0. The first-order chi connectivity index (χ1) is 22.7. The molecule has 8 aromatic rings. The summed E-state index contributed by atoms with van der Waals surface area (Å²) >= 11 is 0. The predicted molar refractivity (Wildman–Crippen MR) is 198 cm³/mol. The maximum Gasteiger partial charge on any atom is 0.0546 e. The fraction of sp³-hybridized carbons (Fsp3) is 0.0455. The molecule has 0 saturated carbocycles. The van der Waals surface area contributed by atoms with Crippen LogP contribution in [0.1, 0.15) is 11.1 Å². The first kappa shape index (κ1) is 27.7. The zero-order chi connectivity index (χ0) is 31.0. The van der Waals surface area contributed by atoms with Gasteiger partial charge >= 0.3 is 0 Å². The zero-order valence-electron chi connectivity index (χ0n) is 26.1. The molecule has 0 radical (unpaired) electrons. The highest BCUT2D eigenvalue weighted by atomic mass is 15.1. The van der Waals surface area contributed by atoms with Gasteiger partial charge < -0.3 is 9.80 Å². The number of nitrogens with zero attached hydrogens (tertiary/aromatic N) is 2. The van der Waals surface area contributed by atoms with Crippen LogP contribution >= 0.6 is 0 Å². The molecular weight excluding hydrogens is 556 g/mol. The summed E-state index contributed by atoms with van der Waals surface area (Å²) in [5.74, 6) is 0. The lowest BCUT2D eigenvalue weighted by atomic mass is 9.94. The van der Waals surface area contributed by atoms with Crippen LogP contribution in [-0.4, -0.2) is 0 Å². The van der Waals surface area contributed by atoms with Gasteiger partial charge in [0.25, 0.3) is 0 Å². The van der Waals surface area contributed by atoms with E-state index in [1.807, 2.05) is 0 Å². The maximum atomic E-state index is 2.40. The van der Waals surface area contributed by atoms with Crippen molar-refractivity contribution >= 4 is 66.4 Å². The zero-order valence-corrected chi connectivity index (χ0v) is 26.1. The minimum Gasteiger partial charge on any atom is -0.310 e. The molecule has 0 bridgehead atoms. The normalized spacial score (nSPS) is 11.3. The molecule has 2 heteroatoms. The number of hydrogen-bond donors (Lipinski definition) is 0. The third-order valence-electron chi connectivity index (χ3n) is 8.88. The van der Waals surface area contributed by atoms with E-state index in [-0.39, 0.29) is 0 Å². The molecule has 0 aliphatic rings. The third kappa shape index (κ3) is 4.85. The minimum absolute atomic E-state index is 1.13. The van der Waals surface area contributed by atoms with Crippen molar-refractivity contribution in [3.8, 4) is 0 Å². The quantitative estimate of drug-likeness (QED) is 0.178. The van der Waals surface area contributed by atoms with Gasteiger partial charge in [-0.05, 0) is 107 Å². The Bertz CT molecular complexity index is 2340. The average Bonchev–Trinajstić information content (AvgIpc) is 3.10. The monoisotopic (exact) mass is 590 g/mol. The maximum absolute atomic E-state index is 2.40. The van der Waals surface area contributed by atoms with Crippen LogP contribution in [0.25, 0.3) is 32.3 Å². The van der Waals surface area contributed by atoms with E-state index in [9.17, 15) is 0 Å². The van der Waals surface area contributed by atoms with Gasteiger partial charge in [-0.3, -0.25) is 0 Å². The number of rotatable bonds is 6. The fourth-order valence-electron chi connectivity index (χ4n) is 6.83. The number of para-hydroxylation sites is 2. The van der Waals surface area contributed by atoms with E-state index >= 15 is 0 Å². The summed E-state index contributed by atoms with van der Waals surface area (Å²) in [5, 5.41) is 7.40. The van der Waals surface area contributed by atoms with E-state index in [0.29, 0.717) is 0 Å². The Morgan fingerprint density at radius 3 is 1.30 bits per heavy atom. The van der Waals surface area contributed by atoms with E-state index in [4.69, 9.17) is 0 Å². The molecule has 0 unspecified atom stereocenters. The third-order valence-corrected chi connectivity index (χ3v) is 8.88. The lowest BCUT2D eigenvalue weighted by Crippen LogP contribution is -2.11. The topological polar surface area (TPSA) is 6.48 Å². The van der Waals surface area contributed by atoms with Crippen LogP contribution in [0, 0.1) is 13.8 Å². The molecule has 8 rings (SSSR count). The van der Waals surface area contributed by atoms with Gasteiger partial charge in [0, 0.05) is 33.5 Å². The molecule has 0 fully saturated rings. The summed E-state index contributed by atoms with van der Waals surface area (Å²) < 4.78 is 0. The van der Waals surface area contributed by atoms with Gasteiger partial charge in [-0.2, -0.15) is 0 Å². The molecule has 0 aromatic heterocycles. The summed E-state index contributed by atoms with van der Waals surface area (Å²) in [6, 6.07) is 61.5. The van der Waals surface area contributed by atoms with Crippen LogP contribution in [-0.2, 0) is 0 Å². The van der Waals surface area contributed by atoms with Crippen molar-refractivity contribution in [3.05, 3.63) is 181 Å². The molecule has 0 atom stereocenters. The molecular formula is C44H34N2. The molecule has 46 heavy (non-hydrogen) atoms. The second kappa shape index (κ2) is 11.6. The van der Waals surface area contributed by atoms with Crippen molar-refractivity contribution in [1.82, 2.24) is 0 Å². The van der Waals surface area contributed by atoms with Crippen molar-refractivity contribution in [2.75, 3.05) is 9.80 Å². The van der Waals surface area contributed by atoms with Crippen LogP contribution in [0.15, 0.2) is 170 Å². The van der Waals surface area contributed by atoms with Crippen molar-refractivity contribution in [2.24, 2.45) is 0 Å². The van der Waals surface area contributed by atoms with Crippen LogP contribution in [0.4, 0.5) is 34.1 Å². The second-order valence-corrected chi connectivity index (χ2v) is 12.0. The molecule has 2 nitrogen and oxygen atoms in total. The van der Waals surface area contributed by atoms with Gasteiger partial charge in [-0.25, -0.2) is 0 Å². The van der Waals surface area contributed by atoms with Crippen LogP contribution in [0.2, 0.25) is 0 Å². The number of fused-ring (bicyclic) bond motifs is 5. The molecule has 0 N–H and O–H groups in total. The van der Waals surface area contributed by atoms with Gasteiger partial charge in [-0.15, -0.1) is 0 Å². The van der Waals surface area contributed by atoms with Crippen molar-refractivity contribution in [1.29, 1.82) is 0 Å². The summed E-state index contributed by atoms with van der Waals surface area (Å²) in [5.41, 5.74) is 9.34. The smallest absolute Gasteiger partial charge is 0.0546 e. The van der Waals surface area contributed by atoms with Crippen molar-refractivity contribution in [2.45, 2.75) is 13.8 Å². The molecule has 8 aromatic carbocycles. The molecule has 0 amide bonds. The number of hydrogen-bond acceptors (Lipinski definition) is 2. The van der Waals surface area contributed by atoms with Gasteiger partial charge in [0.15, 0.2) is 0 Å². The van der Waals surface area contributed by atoms with Gasteiger partial charge in [0.2, 0.25) is 0 Å². The van der Waals surface area contributed by atoms with Crippen LogP contribution in [0.3, 0.4) is 0 Å². The van der Waals surface area contributed by atoms with E-state index in [0.717, 1.165) is 34.1 Å². The first-order valence-electron chi connectivity index (χ1n) is 15.9. The second-order valence-electron chi connectivity index (χ2n) is 12.0. The summed E-state index contributed by atoms with van der Waals surface area (Å²) in [4.78, 5) is 4.78. The van der Waals surface area contributed by atoms with Crippen LogP contribution in [0.5, 0.6) is 0 Å². The van der Waals surface area contributed by atoms with Gasteiger partial charge in [-0.1, -0.05) is 109 Å². The van der Waals surface area contributed by atoms with E-state index in [1.54, 1.807) is 0 Å². The lowest BCUT2D eigenvalue weighted by Gasteiger charge is -2.29. The summed E-state index contributed by atoms with van der Waals surface area (Å²) in [7, 11) is 0. The van der Waals surface area contributed by atoms with Gasteiger partial charge in [0.05, 0.1) is 11.4 Å². The van der Waals surface area contributed by atoms with E-state index in [1.165, 1.54) is 43.4 Å². The molecule has 220 valence electrons. The molecule has 0 aliphatic carbocycles. The lowest BCUT2D eigenvalue weighted by molar-refractivity contribution is 1.28. The largest absolute Gasteiger partial charge is 0.310 e. The fourth-order valence-corrected chi connectivity index (χ4v) is 6.83. The first-order valence-corrected chi connectivity index (χ1v) is 15.9. The highest BCUT2D eigenvalue weighted by Crippen LogP contribution is 2.46. The Balaban J connectivity index is 1.44. The predicted octanol–water partition coefficient (Wildman–Crippen LogP) is 12.7. The van der Waals surface area contributed by atoms with Crippen molar-refractivity contribution < 1.29 is 0 Å². The SMILES string of the molecule is Cc1cccc(N(c2ccccc2)c2cc3c4cccc(N(c5ccccc5)c5cccc(C)c5)c4ccc3c3ccccc23)c1. The standard InChI is InChI=1S/C44H34N2/c1-31-14-11-20-35(28-31)45(33-16-5-3-6-17-33)43-25-13-24-38-41(43)27-26-39-37-22-9-10-23-40(37)44(30-42(38)39)46(34-18-7-4-8-19-34)36-21-12-15-32(2)29-36/h3-30H,1-2H3. The van der Waals surface area contributed by atoms with E-state index in [2.05, 4.69) is 194 Å². The Hall–Kier alpha value is -5.86. The Kier molecular flexibility index (Phi) is 6.96. The summed E-state index contributed by atoms with van der Waals surface area (Å²) in [6.45, 7) is 4.32. The minimum atomic E-state index is 1.13. The molecule has 0 spiro atoms. The molecule has 0 heterocycles. The number of aryl methyl sites for hydroxylation is 2. The number of benzene rings is 8. The molecule has 0 saturated heterocycles. The number of anilines is 6. The highest BCUT2D eigenvalue weighted by Gasteiger charge is 2.20. The van der Waals surface area contributed by atoms with Crippen LogP contribution < -0.4 is 9.80 Å². The Labute approximate surface area is 270 Å². The Morgan fingerprint density at radius 2 is 0.696 bits per heavy atom. The molecule has 0 aliphatic heterocycles. The van der Waals surface area contributed by atoms with E-state index < -0.39 is 0 Å². The van der Waals surface area contributed by atoms with Gasteiger partial charge in [0.1, 0.15) is 0 Å². The average molecular weight is 591 g/mol. The Morgan fingerprint density at radius 1 is 0.283 bits per heavy atom. The van der Waals surface area contributed by atoms with Crippen molar-refractivity contribution in [3.63, 3.8) is 0 Å². The highest BCUT2D eigenvalue weighted by molar-refractivity contribution is 6.23.